The van der Waals surface area contributed by atoms with Gasteiger partial charge in [0.05, 0.1) is 31.3 Å². The van der Waals surface area contributed by atoms with Crippen LogP contribution in [0.4, 0.5) is 39.2 Å². The standard InChI is InChI=1S/C29H34Cl2N8O4.ClH/c1-6-25(40)35-20-14-18(39-12-10-38(7-2)11-13-39)8-9-19(20)34-23-16-24(33-17-32-23)37(3)29(41)36-28-26(30)21(42-4)15-22(43-5)27(28)31;/h6,8-9,14-17H,1,7,10-13H2,2-5H3,(H,35,40)(H,36,41)(H,32,33,34);1H. The molecule has 0 aliphatic carbocycles. The van der Waals surface area contributed by atoms with E-state index in [1.165, 1.54) is 44.6 Å². The van der Waals surface area contributed by atoms with Gasteiger partial charge in [-0.1, -0.05) is 36.7 Å². The fraction of sp³-hybridized carbons (Fsp3) is 0.310. The van der Waals surface area contributed by atoms with E-state index in [4.69, 9.17) is 32.7 Å². The number of hydrogen-bond acceptors (Lipinski definition) is 9. The minimum Gasteiger partial charge on any atom is -0.495 e. The van der Waals surface area contributed by atoms with Crippen LogP contribution in [-0.2, 0) is 4.79 Å². The quantitative estimate of drug-likeness (QED) is 0.227. The Hall–Kier alpha value is -3.97. The lowest BCUT2D eigenvalue weighted by molar-refractivity contribution is -0.111. The highest BCUT2D eigenvalue weighted by Crippen LogP contribution is 2.44. The van der Waals surface area contributed by atoms with Crippen LogP contribution in [0.3, 0.4) is 0 Å². The summed E-state index contributed by atoms with van der Waals surface area (Å²) in [6.45, 7) is 10.5. The number of urea groups is 1. The highest BCUT2D eigenvalue weighted by Gasteiger charge is 2.22. The predicted molar refractivity (Wildman–Crippen MR) is 179 cm³/mol. The number of hydrogen-bond donors (Lipinski definition) is 3. The van der Waals surface area contributed by atoms with Crippen molar-refractivity contribution in [3.8, 4) is 11.5 Å². The number of piperazine rings is 1. The molecule has 236 valence electrons. The first kappa shape index (κ1) is 34.5. The van der Waals surface area contributed by atoms with E-state index in [0.717, 1.165) is 38.4 Å². The van der Waals surface area contributed by atoms with E-state index in [0.29, 0.717) is 17.2 Å². The van der Waals surface area contributed by atoms with E-state index in [1.54, 1.807) is 6.07 Å². The predicted octanol–water partition coefficient (Wildman–Crippen LogP) is 5.90. The number of carbonyl (C=O) groups excluding carboxylic acids is 2. The average Bonchev–Trinajstić information content (AvgIpc) is 3.03. The van der Waals surface area contributed by atoms with Gasteiger partial charge in [-0.15, -0.1) is 12.4 Å². The molecule has 3 N–H and O–H groups in total. The highest BCUT2D eigenvalue weighted by molar-refractivity contribution is 6.41. The van der Waals surface area contributed by atoms with Crippen LogP contribution in [0.1, 0.15) is 6.92 Å². The molecule has 3 amide bonds. The topological polar surface area (TPSA) is 124 Å². The Labute approximate surface area is 272 Å². The molecule has 2 aromatic carbocycles. The zero-order valence-corrected chi connectivity index (χ0v) is 27.1. The van der Waals surface area contributed by atoms with Gasteiger partial charge in [0.15, 0.2) is 0 Å². The molecule has 0 bridgehead atoms. The zero-order valence-electron chi connectivity index (χ0n) is 24.8. The number of ether oxygens (including phenoxy) is 2. The summed E-state index contributed by atoms with van der Waals surface area (Å²) < 4.78 is 10.5. The summed E-state index contributed by atoms with van der Waals surface area (Å²) in [6, 6.07) is 8.32. The second-order valence-electron chi connectivity index (χ2n) is 9.50. The molecule has 0 saturated carbocycles. The van der Waals surface area contributed by atoms with Gasteiger partial charge in [-0.05, 0) is 30.8 Å². The molecule has 1 fully saturated rings. The van der Waals surface area contributed by atoms with Crippen LogP contribution in [0, 0.1) is 0 Å². The third-order valence-electron chi connectivity index (χ3n) is 7.00. The van der Waals surface area contributed by atoms with Crippen molar-refractivity contribution in [2.24, 2.45) is 0 Å². The van der Waals surface area contributed by atoms with Crippen LogP contribution in [0.2, 0.25) is 10.0 Å². The van der Waals surface area contributed by atoms with Crippen LogP contribution in [0.25, 0.3) is 0 Å². The van der Waals surface area contributed by atoms with E-state index in [2.05, 4.69) is 49.2 Å². The Bertz CT molecular complexity index is 1470. The summed E-state index contributed by atoms with van der Waals surface area (Å²) in [5, 5.41) is 9.02. The van der Waals surface area contributed by atoms with Gasteiger partial charge in [0, 0.05) is 51.0 Å². The molecule has 2 heterocycles. The molecule has 1 aromatic heterocycles. The molecule has 15 heteroatoms. The van der Waals surface area contributed by atoms with Gasteiger partial charge in [-0.25, -0.2) is 14.8 Å². The summed E-state index contributed by atoms with van der Waals surface area (Å²) in [7, 11) is 4.41. The number of amides is 3. The van der Waals surface area contributed by atoms with Gasteiger partial charge in [-0.2, -0.15) is 0 Å². The highest BCUT2D eigenvalue weighted by atomic mass is 35.5. The lowest BCUT2D eigenvalue weighted by Gasteiger charge is -2.35. The third kappa shape index (κ3) is 7.94. The molecule has 0 spiro atoms. The van der Waals surface area contributed by atoms with E-state index in [1.807, 2.05) is 18.2 Å². The molecule has 4 rings (SSSR count). The van der Waals surface area contributed by atoms with Crippen LogP contribution < -0.4 is 35.2 Å². The normalized spacial score (nSPS) is 12.9. The second kappa shape index (κ2) is 15.7. The van der Waals surface area contributed by atoms with Crippen molar-refractivity contribution in [2.45, 2.75) is 6.92 Å². The maximum atomic E-state index is 13.2. The number of aromatic nitrogens is 2. The van der Waals surface area contributed by atoms with Crippen LogP contribution >= 0.6 is 35.6 Å². The average molecular weight is 666 g/mol. The van der Waals surface area contributed by atoms with Crippen molar-refractivity contribution in [1.29, 1.82) is 0 Å². The number of nitrogens with one attached hydrogen (secondary N) is 3. The SMILES string of the molecule is C=CC(=O)Nc1cc(N2CCN(CC)CC2)ccc1Nc1cc(N(C)C(=O)Nc2c(Cl)c(OC)cc(OC)c2Cl)ncn1.Cl. The maximum Gasteiger partial charge on any atom is 0.327 e. The largest absolute Gasteiger partial charge is 0.495 e. The number of halogens is 3. The monoisotopic (exact) mass is 664 g/mol. The van der Waals surface area contributed by atoms with Crippen molar-refractivity contribution in [1.82, 2.24) is 14.9 Å². The molecular formula is C29H35Cl3N8O4. The van der Waals surface area contributed by atoms with E-state index in [9.17, 15) is 9.59 Å². The number of rotatable bonds is 10. The zero-order chi connectivity index (χ0) is 31.1. The van der Waals surface area contributed by atoms with Gasteiger partial charge in [0.25, 0.3) is 0 Å². The Balaban J connectivity index is 0.00000529. The molecule has 12 nitrogen and oxygen atoms in total. The van der Waals surface area contributed by atoms with Crippen molar-refractivity contribution < 1.29 is 19.1 Å². The lowest BCUT2D eigenvalue weighted by Crippen LogP contribution is -2.46. The van der Waals surface area contributed by atoms with Crippen LogP contribution in [0.15, 0.2) is 49.3 Å². The number of benzene rings is 2. The van der Waals surface area contributed by atoms with Crippen molar-refractivity contribution >= 4 is 81.9 Å². The molecule has 0 atom stereocenters. The van der Waals surface area contributed by atoms with E-state index >= 15 is 0 Å². The van der Waals surface area contributed by atoms with Gasteiger partial charge in [0.1, 0.15) is 39.5 Å². The Morgan fingerprint density at radius 2 is 1.66 bits per heavy atom. The summed E-state index contributed by atoms with van der Waals surface area (Å²) in [5.74, 6) is 0.884. The molecule has 44 heavy (non-hydrogen) atoms. The fourth-order valence-corrected chi connectivity index (χ4v) is 5.07. The molecule has 1 aliphatic rings. The number of carbonyl (C=O) groups is 2. The van der Waals surface area contributed by atoms with Crippen molar-refractivity contribution in [3.63, 3.8) is 0 Å². The van der Waals surface area contributed by atoms with Gasteiger partial charge >= 0.3 is 6.03 Å². The van der Waals surface area contributed by atoms with Crippen molar-refractivity contribution in [3.05, 3.63) is 59.4 Å². The lowest BCUT2D eigenvalue weighted by atomic mass is 10.2. The van der Waals surface area contributed by atoms with Crippen LogP contribution in [-0.4, -0.2) is 80.8 Å². The first-order valence-electron chi connectivity index (χ1n) is 13.5. The number of methoxy groups -OCH3 is 2. The molecule has 0 radical (unpaired) electrons. The molecule has 1 saturated heterocycles. The first-order valence-corrected chi connectivity index (χ1v) is 14.2. The van der Waals surface area contributed by atoms with Crippen LogP contribution in [0.5, 0.6) is 11.5 Å². The summed E-state index contributed by atoms with van der Waals surface area (Å²) in [6.07, 6.45) is 2.53. The number of nitrogens with zero attached hydrogens (tertiary/aromatic N) is 5. The van der Waals surface area contributed by atoms with Gasteiger partial charge in [0.2, 0.25) is 5.91 Å². The second-order valence-corrected chi connectivity index (χ2v) is 10.3. The smallest absolute Gasteiger partial charge is 0.327 e. The molecular weight excluding hydrogens is 631 g/mol. The van der Waals surface area contributed by atoms with Gasteiger partial charge < -0.3 is 35.2 Å². The maximum absolute atomic E-state index is 13.2. The molecule has 1 aliphatic heterocycles. The van der Waals surface area contributed by atoms with Crippen molar-refractivity contribution in [2.75, 3.05) is 79.7 Å². The summed E-state index contributed by atoms with van der Waals surface area (Å²) >= 11 is 12.8. The van der Waals surface area contributed by atoms with Gasteiger partial charge in [-0.3, -0.25) is 9.69 Å². The Kier molecular flexibility index (Phi) is 12.3. The fourth-order valence-electron chi connectivity index (χ4n) is 4.47. The number of likely N-dealkylation sites (N-methyl/N-ethyl adjacent to an activating group) is 1. The number of anilines is 6. The summed E-state index contributed by atoms with van der Waals surface area (Å²) in [4.78, 5) is 39.9. The minimum absolute atomic E-state index is 0. The minimum atomic E-state index is -0.574. The van der Waals surface area contributed by atoms with E-state index in [-0.39, 0.29) is 51.4 Å². The van der Waals surface area contributed by atoms with E-state index < -0.39 is 6.03 Å². The Morgan fingerprint density at radius 3 is 2.25 bits per heavy atom. The molecule has 0 unspecified atom stereocenters. The third-order valence-corrected chi connectivity index (χ3v) is 7.75. The Morgan fingerprint density at radius 1 is 1.00 bits per heavy atom. The summed E-state index contributed by atoms with van der Waals surface area (Å²) in [5.41, 5.74) is 2.28. The molecule has 3 aromatic rings. The first-order chi connectivity index (χ1) is 20.7.